The first kappa shape index (κ1) is 34.7. The number of carbonyl (C=O) groups is 2. The van der Waals surface area contributed by atoms with E-state index in [9.17, 15) is 22.8 Å². The van der Waals surface area contributed by atoms with Crippen molar-refractivity contribution in [2.75, 3.05) is 50.2 Å². The number of hydrogen-bond donors (Lipinski definition) is 4. The molecular weight excluding hydrogens is 633 g/mol. The lowest BCUT2D eigenvalue weighted by atomic mass is 9.90. The quantitative estimate of drug-likeness (QED) is 0.130. The van der Waals surface area contributed by atoms with Crippen LogP contribution >= 0.6 is 0 Å². The fourth-order valence-corrected chi connectivity index (χ4v) is 5.51. The van der Waals surface area contributed by atoms with Gasteiger partial charge in [0.1, 0.15) is 11.4 Å². The maximum Gasteiger partial charge on any atom is 0.421 e. The largest absolute Gasteiger partial charge is 0.421 e. The van der Waals surface area contributed by atoms with E-state index in [0.29, 0.717) is 25.0 Å². The Morgan fingerprint density at radius 2 is 1.78 bits per heavy atom. The number of halogens is 3. The number of carbonyl (C=O) groups excluding carboxylic acids is 2. The molecule has 1 aliphatic rings. The van der Waals surface area contributed by atoms with Crippen LogP contribution in [0.15, 0.2) is 91.3 Å². The summed E-state index contributed by atoms with van der Waals surface area (Å²) in [5.41, 5.74) is 2.99. The van der Waals surface area contributed by atoms with Gasteiger partial charge in [-0.1, -0.05) is 36.4 Å². The third-order valence-corrected chi connectivity index (χ3v) is 8.06. The Kier molecular flexibility index (Phi) is 11.0. The molecule has 13 heteroatoms. The second-order valence-electron chi connectivity index (χ2n) is 11.9. The van der Waals surface area contributed by atoms with E-state index in [-0.39, 0.29) is 29.0 Å². The standard InChI is InChI=1S/C36H39F3N8O2/c1-40-34(49)29-11-4-5-12-31(29)44-33-30(36(37,38)39)22-42-35(45-33)43-27-15-13-24(14-16-27)21-41-28-10-6-8-25(20-28)26-9-7-18-47(23-26)32(48)17-19-46(2)3/h4-6,8,10-17,19-20,22,26,41H,7,9,18,21,23H2,1-3H3,(H,40,49)(H2,42,43,44,45)/b19-17+. The van der Waals surface area contributed by atoms with Crippen LogP contribution in [0.1, 0.15) is 45.8 Å². The average molecular weight is 673 g/mol. The van der Waals surface area contributed by atoms with Crippen molar-refractivity contribution < 1.29 is 22.8 Å². The molecular formula is C36H39F3N8O2. The zero-order valence-corrected chi connectivity index (χ0v) is 27.5. The highest BCUT2D eigenvalue weighted by Gasteiger charge is 2.35. The minimum absolute atomic E-state index is 0.0243. The molecule has 5 rings (SSSR count). The van der Waals surface area contributed by atoms with E-state index < -0.39 is 23.5 Å². The molecule has 0 bridgehead atoms. The Bertz CT molecular complexity index is 1790. The molecule has 1 aromatic heterocycles. The van der Waals surface area contributed by atoms with Crippen molar-refractivity contribution in [1.29, 1.82) is 0 Å². The third kappa shape index (κ3) is 9.28. The van der Waals surface area contributed by atoms with Gasteiger partial charge in [0, 0.05) is 76.5 Å². The Balaban J connectivity index is 1.23. The summed E-state index contributed by atoms with van der Waals surface area (Å²) in [6.07, 6.45) is 1.33. The molecule has 0 radical (unpaired) electrons. The molecule has 256 valence electrons. The minimum Gasteiger partial charge on any atom is -0.383 e. The van der Waals surface area contributed by atoms with Gasteiger partial charge in [-0.05, 0) is 60.4 Å². The van der Waals surface area contributed by atoms with Crippen LogP contribution in [0.2, 0.25) is 0 Å². The van der Waals surface area contributed by atoms with Crippen molar-refractivity contribution in [3.8, 4) is 0 Å². The molecule has 1 saturated heterocycles. The number of hydrogen-bond acceptors (Lipinski definition) is 8. The van der Waals surface area contributed by atoms with E-state index >= 15 is 0 Å². The minimum atomic E-state index is -4.73. The molecule has 4 N–H and O–H groups in total. The highest BCUT2D eigenvalue weighted by Crippen LogP contribution is 2.36. The molecule has 1 unspecified atom stereocenters. The number of piperidine rings is 1. The number of benzene rings is 3. The highest BCUT2D eigenvalue weighted by atomic mass is 19.4. The molecule has 1 fully saturated rings. The summed E-state index contributed by atoms with van der Waals surface area (Å²) in [4.78, 5) is 36.7. The van der Waals surface area contributed by atoms with Gasteiger partial charge in [0.25, 0.3) is 5.91 Å². The number of rotatable bonds is 11. The number of alkyl halides is 3. The predicted molar refractivity (Wildman–Crippen MR) is 185 cm³/mol. The molecule has 1 aliphatic heterocycles. The van der Waals surface area contributed by atoms with E-state index in [2.05, 4.69) is 43.4 Å². The van der Waals surface area contributed by atoms with Gasteiger partial charge in [0.05, 0.1) is 11.3 Å². The lowest BCUT2D eigenvalue weighted by Crippen LogP contribution is -2.38. The van der Waals surface area contributed by atoms with Crippen molar-refractivity contribution >= 4 is 40.6 Å². The van der Waals surface area contributed by atoms with Crippen LogP contribution in [0.5, 0.6) is 0 Å². The van der Waals surface area contributed by atoms with E-state index in [1.54, 1.807) is 36.5 Å². The molecule has 3 aromatic carbocycles. The Labute approximate surface area is 283 Å². The van der Waals surface area contributed by atoms with Crippen molar-refractivity contribution in [2.45, 2.75) is 31.5 Å². The maximum atomic E-state index is 13.8. The zero-order chi connectivity index (χ0) is 35.0. The van der Waals surface area contributed by atoms with Crippen LogP contribution in [0.25, 0.3) is 0 Å². The van der Waals surface area contributed by atoms with E-state index in [1.807, 2.05) is 48.2 Å². The summed E-state index contributed by atoms with van der Waals surface area (Å²) < 4.78 is 41.5. The van der Waals surface area contributed by atoms with Gasteiger partial charge in [0.2, 0.25) is 11.9 Å². The van der Waals surface area contributed by atoms with Crippen LogP contribution in [-0.2, 0) is 17.5 Å². The van der Waals surface area contributed by atoms with Crippen LogP contribution in [-0.4, -0.2) is 65.8 Å². The number of para-hydroxylation sites is 1. The molecule has 2 heterocycles. The summed E-state index contributed by atoms with van der Waals surface area (Å²) in [5, 5.41) is 11.6. The number of likely N-dealkylation sites (tertiary alicyclic amines) is 1. The molecule has 49 heavy (non-hydrogen) atoms. The number of nitrogens with zero attached hydrogens (tertiary/aromatic N) is 4. The van der Waals surface area contributed by atoms with Gasteiger partial charge in [-0.2, -0.15) is 18.2 Å². The Morgan fingerprint density at radius 1 is 1.00 bits per heavy atom. The highest BCUT2D eigenvalue weighted by molar-refractivity contribution is 6.00. The van der Waals surface area contributed by atoms with Crippen LogP contribution in [0.3, 0.4) is 0 Å². The molecule has 0 spiro atoms. The summed E-state index contributed by atoms with van der Waals surface area (Å²) in [5.74, 6) is -0.711. The smallest absolute Gasteiger partial charge is 0.383 e. The lowest BCUT2D eigenvalue weighted by Gasteiger charge is -2.32. The van der Waals surface area contributed by atoms with Crippen LogP contribution in [0, 0.1) is 0 Å². The van der Waals surface area contributed by atoms with Gasteiger partial charge < -0.3 is 31.1 Å². The second kappa shape index (κ2) is 15.5. The fourth-order valence-electron chi connectivity index (χ4n) is 5.51. The second-order valence-corrected chi connectivity index (χ2v) is 11.9. The van der Waals surface area contributed by atoms with E-state index in [4.69, 9.17) is 0 Å². The van der Waals surface area contributed by atoms with Crippen molar-refractivity contribution in [2.24, 2.45) is 0 Å². The van der Waals surface area contributed by atoms with Crippen molar-refractivity contribution in [3.05, 3.63) is 114 Å². The number of nitrogens with one attached hydrogen (secondary N) is 4. The molecule has 2 amide bonds. The molecule has 0 aliphatic carbocycles. The normalized spacial score (nSPS) is 14.7. The van der Waals surface area contributed by atoms with Gasteiger partial charge in [-0.3, -0.25) is 9.59 Å². The van der Waals surface area contributed by atoms with Crippen LogP contribution < -0.4 is 21.3 Å². The summed E-state index contributed by atoms with van der Waals surface area (Å²) in [6, 6.07) is 21.9. The summed E-state index contributed by atoms with van der Waals surface area (Å²) >= 11 is 0. The first-order valence-electron chi connectivity index (χ1n) is 15.9. The summed E-state index contributed by atoms with van der Waals surface area (Å²) in [7, 11) is 5.21. The van der Waals surface area contributed by atoms with Gasteiger partial charge in [0.15, 0.2) is 0 Å². The number of amides is 2. The fraction of sp³-hybridized carbons (Fsp3) is 0.278. The molecule has 0 saturated carbocycles. The van der Waals surface area contributed by atoms with Gasteiger partial charge in [-0.25, -0.2) is 4.98 Å². The van der Waals surface area contributed by atoms with Crippen molar-refractivity contribution in [1.82, 2.24) is 25.1 Å². The SMILES string of the molecule is CNC(=O)c1ccccc1Nc1nc(Nc2ccc(CNc3cccc(C4CCCN(C(=O)/C=C/N(C)C)C4)c3)cc2)ncc1C(F)(F)F. The number of aromatic nitrogens is 2. The first-order chi connectivity index (χ1) is 23.5. The zero-order valence-electron chi connectivity index (χ0n) is 27.5. The van der Waals surface area contributed by atoms with E-state index in [0.717, 1.165) is 30.6 Å². The van der Waals surface area contributed by atoms with Crippen molar-refractivity contribution in [3.63, 3.8) is 0 Å². The van der Waals surface area contributed by atoms with E-state index in [1.165, 1.54) is 24.7 Å². The van der Waals surface area contributed by atoms with Gasteiger partial charge >= 0.3 is 6.18 Å². The van der Waals surface area contributed by atoms with Gasteiger partial charge in [-0.15, -0.1) is 0 Å². The summed E-state index contributed by atoms with van der Waals surface area (Å²) in [6.45, 7) is 1.98. The Hall–Kier alpha value is -5.59. The first-order valence-corrected chi connectivity index (χ1v) is 15.9. The predicted octanol–water partition coefficient (Wildman–Crippen LogP) is 6.74. The molecule has 4 aromatic rings. The monoisotopic (exact) mass is 672 g/mol. The third-order valence-electron chi connectivity index (χ3n) is 8.06. The number of anilines is 5. The van der Waals surface area contributed by atoms with Crippen LogP contribution in [0.4, 0.5) is 42.0 Å². The molecule has 10 nitrogen and oxygen atoms in total. The lowest BCUT2D eigenvalue weighted by molar-refractivity contribution is -0.137. The average Bonchev–Trinajstić information content (AvgIpc) is 3.10. The Morgan fingerprint density at radius 3 is 2.51 bits per heavy atom. The topological polar surface area (TPSA) is 115 Å². The molecule has 1 atom stereocenters. The maximum absolute atomic E-state index is 13.8.